The molecule has 6 aromatic rings. The molecule has 0 aliphatic rings. The van der Waals surface area contributed by atoms with Gasteiger partial charge >= 0.3 is 0 Å². The molecule has 0 aliphatic carbocycles. The lowest BCUT2D eigenvalue weighted by Crippen LogP contribution is -2.20. The van der Waals surface area contributed by atoms with Crippen molar-refractivity contribution in [3.63, 3.8) is 0 Å². The predicted octanol–water partition coefficient (Wildman–Crippen LogP) is 9.26. The topological polar surface area (TPSA) is 107 Å². The van der Waals surface area contributed by atoms with Crippen molar-refractivity contribution >= 4 is 55.1 Å². The summed E-state index contributed by atoms with van der Waals surface area (Å²) in [5, 5.41) is 12.7. The van der Waals surface area contributed by atoms with Crippen molar-refractivity contribution in [3.8, 4) is 28.3 Å². The molecule has 0 spiro atoms. The van der Waals surface area contributed by atoms with Gasteiger partial charge in [-0.25, -0.2) is 0 Å². The molecule has 6 rings (SSSR count). The van der Waals surface area contributed by atoms with Gasteiger partial charge in [-0.3, -0.25) is 30.0 Å². The first-order valence-electron chi connectivity index (χ1n) is 13.9. The Kier molecular flexibility index (Phi) is 8.97. The third-order valence-corrected chi connectivity index (χ3v) is 9.39. The van der Waals surface area contributed by atoms with Crippen LogP contribution in [0.2, 0.25) is 10.0 Å². The van der Waals surface area contributed by atoms with Gasteiger partial charge < -0.3 is 4.74 Å². The fraction of sp³-hybridized carbons (Fsp3) is 0.118. The van der Waals surface area contributed by atoms with Crippen LogP contribution in [-0.2, 0) is 6.61 Å². The van der Waals surface area contributed by atoms with Gasteiger partial charge in [-0.05, 0) is 86.7 Å². The smallest absolute Gasteiger partial charge is 0.268 e. The molecule has 4 N–H and O–H groups in total. The van der Waals surface area contributed by atoms with Crippen LogP contribution in [0.15, 0.2) is 97.4 Å². The number of aryl methyl sites for hydroxylation is 2. The standard InChI is InChI=1S/C34H26Br2Cl2N4O3/c1-17-3-7-19(8-4-17)30-28(33(43)41-39-30)27(29-31(40-42-34(29)44)20-9-5-18(2)6-10-20)22-13-24(35)32(25(36)14-22)45-16-21-11-12-23(37)15-26(21)38/h3-15,27H,16H2,1-2H3,(H2,39,41,43)(H2,40,42,44). The van der Waals surface area contributed by atoms with Crippen molar-refractivity contribution in [1.29, 1.82) is 0 Å². The summed E-state index contributed by atoms with van der Waals surface area (Å²) in [6, 6.07) is 24.7. The number of ether oxygens (including phenoxy) is 1. The van der Waals surface area contributed by atoms with E-state index in [1.807, 2.05) is 80.6 Å². The number of rotatable bonds is 8. The fourth-order valence-electron chi connectivity index (χ4n) is 5.33. The van der Waals surface area contributed by atoms with Crippen LogP contribution in [0, 0.1) is 13.8 Å². The van der Waals surface area contributed by atoms with E-state index in [0.717, 1.165) is 27.8 Å². The number of hydrogen-bond donors (Lipinski definition) is 4. The Labute approximate surface area is 285 Å². The highest BCUT2D eigenvalue weighted by atomic mass is 79.9. The summed E-state index contributed by atoms with van der Waals surface area (Å²) in [6.07, 6.45) is 0. The van der Waals surface area contributed by atoms with E-state index >= 15 is 0 Å². The number of aromatic amines is 4. The van der Waals surface area contributed by atoms with E-state index in [1.165, 1.54) is 0 Å². The molecule has 0 aliphatic heterocycles. The molecule has 0 bridgehead atoms. The van der Waals surface area contributed by atoms with Crippen molar-refractivity contribution in [3.05, 3.63) is 152 Å². The molecule has 0 saturated carbocycles. The lowest BCUT2D eigenvalue weighted by Gasteiger charge is -2.20. The first kappa shape index (κ1) is 31.2. The normalized spacial score (nSPS) is 11.4. The Bertz CT molecular complexity index is 2010. The Morgan fingerprint density at radius 3 is 1.64 bits per heavy atom. The maximum atomic E-state index is 13.7. The number of hydrogen-bond acceptors (Lipinski definition) is 3. The zero-order chi connectivity index (χ0) is 31.8. The van der Waals surface area contributed by atoms with Gasteiger partial charge in [-0.1, -0.05) is 88.9 Å². The zero-order valence-electron chi connectivity index (χ0n) is 24.0. The van der Waals surface area contributed by atoms with E-state index in [9.17, 15) is 9.59 Å². The van der Waals surface area contributed by atoms with Gasteiger partial charge in [0.25, 0.3) is 11.1 Å². The van der Waals surface area contributed by atoms with E-state index < -0.39 is 5.92 Å². The largest absolute Gasteiger partial charge is 0.486 e. The van der Waals surface area contributed by atoms with Gasteiger partial charge in [0, 0.05) is 21.5 Å². The first-order chi connectivity index (χ1) is 21.6. The summed E-state index contributed by atoms with van der Waals surface area (Å²) < 4.78 is 7.42. The molecule has 0 fully saturated rings. The number of halogens is 4. The SMILES string of the molecule is Cc1ccc(-c2[nH][nH]c(=O)c2C(c2cc(Br)c(OCc3ccc(Cl)cc3Cl)c(Br)c2)c2c(-c3ccc(C)cc3)[nH][nH]c2=O)cc1. The van der Waals surface area contributed by atoms with E-state index in [4.69, 9.17) is 27.9 Å². The maximum absolute atomic E-state index is 13.7. The molecule has 45 heavy (non-hydrogen) atoms. The number of aromatic nitrogens is 4. The highest BCUT2D eigenvalue weighted by Gasteiger charge is 2.32. The lowest BCUT2D eigenvalue weighted by molar-refractivity contribution is 0.302. The zero-order valence-corrected chi connectivity index (χ0v) is 28.7. The first-order valence-corrected chi connectivity index (χ1v) is 16.3. The average molecular weight is 769 g/mol. The molecule has 0 radical (unpaired) electrons. The van der Waals surface area contributed by atoms with Crippen molar-refractivity contribution in [1.82, 2.24) is 20.4 Å². The summed E-state index contributed by atoms with van der Waals surface area (Å²) in [7, 11) is 0. The van der Waals surface area contributed by atoms with Crippen molar-refractivity contribution in [2.45, 2.75) is 26.4 Å². The molecule has 0 unspecified atom stereocenters. The van der Waals surface area contributed by atoms with Crippen LogP contribution in [-0.4, -0.2) is 20.4 Å². The monoisotopic (exact) mass is 766 g/mol. The second kappa shape index (κ2) is 12.9. The summed E-state index contributed by atoms with van der Waals surface area (Å²) in [5.74, 6) is -0.248. The van der Waals surface area contributed by atoms with Gasteiger partial charge in [0.2, 0.25) is 0 Å². The second-order valence-electron chi connectivity index (χ2n) is 10.7. The van der Waals surface area contributed by atoms with Gasteiger partial charge in [-0.2, -0.15) is 0 Å². The van der Waals surface area contributed by atoms with E-state index in [1.54, 1.807) is 12.1 Å². The minimum Gasteiger partial charge on any atom is -0.486 e. The summed E-state index contributed by atoms with van der Waals surface area (Å²) in [6.45, 7) is 4.19. The van der Waals surface area contributed by atoms with Crippen LogP contribution >= 0.6 is 55.1 Å². The maximum Gasteiger partial charge on any atom is 0.268 e. The lowest BCUT2D eigenvalue weighted by atomic mass is 9.83. The van der Waals surface area contributed by atoms with Crippen molar-refractivity contribution in [2.24, 2.45) is 0 Å². The van der Waals surface area contributed by atoms with Gasteiger partial charge in [0.05, 0.1) is 31.5 Å². The summed E-state index contributed by atoms with van der Waals surface area (Å²) in [5.41, 5.74) is 6.54. The second-order valence-corrected chi connectivity index (χ2v) is 13.3. The molecule has 2 heterocycles. The molecule has 4 aromatic carbocycles. The Hall–Kier alpha value is -3.76. The predicted molar refractivity (Wildman–Crippen MR) is 187 cm³/mol. The highest BCUT2D eigenvalue weighted by molar-refractivity contribution is 9.11. The van der Waals surface area contributed by atoms with Crippen LogP contribution < -0.4 is 15.9 Å². The van der Waals surface area contributed by atoms with E-state index in [-0.39, 0.29) is 17.7 Å². The van der Waals surface area contributed by atoms with Crippen molar-refractivity contribution < 1.29 is 4.74 Å². The molecule has 7 nitrogen and oxygen atoms in total. The quantitative estimate of drug-likeness (QED) is 0.124. The fourth-order valence-corrected chi connectivity index (χ4v) is 7.25. The van der Waals surface area contributed by atoms with Crippen LogP contribution in [0.4, 0.5) is 0 Å². The Balaban J connectivity index is 1.52. The average Bonchev–Trinajstić information content (AvgIpc) is 3.57. The minimum atomic E-state index is -0.782. The van der Waals surface area contributed by atoms with Crippen LogP contribution in [0.25, 0.3) is 22.5 Å². The molecular weight excluding hydrogens is 743 g/mol. The van der Waals surface area contributed by atoms with E-state index in [0.29, 0.717) is 52.8 Å². The molecule has 0 saturated heterocycles. The molecular formula is C34H26Br2Cl2N4O3. The number of nitrogens with one attached hydrogen (secondary N) is 4. The van der Waals surface area contributed by atoms with Crippen LogP contribution in [0.3, 0.4) is 0 Å². The van der Waals surface area contributed by atoms with E-state index in [2.05, 4.69) is 52.3 Å². The van der Waals surface area contributed by atoms with Crippen LogP contribution in [0.1, 0.15) is 39.3 Å². The van der Waals surface area contributed by atoms with Gasteiger partial charge in [-0.15, -0.1) is 0 Å². The number of benzene rings is 4. The van der Waals surface area contributed by atoms with Crippen molar-refractivity contribution in [2.75, 3.05) is 0 Å². The molecule has 11 heteroatoms. The summed E-state index contributed by atoms with van der Waals surface area (Å²) >= 11 is 19.8. The minimum absolute atomic E-state index is 0.195. The molecule has 0 amide bonds. The molecule has 228 valence electrons. The highest BCUT2D eigenvalue weighted by Crippen LogP contribution is 2.43. The third-order valence-electron chi connectivity index (χ3n) is 7.63. The molecule has 2 aromatic heterocycles. The Morgan fingerprint density at radius 2 is 1.18 bits per heavy atom. The van der Waals surface area contributed by atoms with Gasteiger partial charge in [0.1, 0.15) is 12.4 Å². The molecule has 0 atom stereocenters. The number of H-pyrrole nitrogens is 4. The van der Waals surface area contributed by atoms with Gasteiger partial charge in [0.15, 0.2) is 0 Å². The van der Waals surface area contributed by atoms with Crippen LogP contribution in [0.5, 0.6) is 5.75 Å². The Morgan fingerprint density at radius 1 is 0.689 bits per heavy atom. The third kappa shape index (κ3) is 6.35. The summed E-state index contributed by atoms with van der Waals surface area (Å²) in [4.78, 5) is 27.3.